The molecule has 2 N–H and O–H groups in total. The van der Waals surface area contributed by atoms with Gasteiger partial charge in [0.15, 0.2) is 0 Å². The van der Waals surface area contributed by atoms with E-state index in [1.165, 1.54) is 39.4 Å². The molecule has 226 valence electrons. The Morgan fingerprint density at radius 3 is 2.21 bits per heavy atom. The second-order valence-corrected chi connectivity index (χ2v) is 11.0. The number of halogens is 7. The van der Waals surface area contributed by atoms with E-state index in [1.54, 1.807) is 17.0 Å². The first-order chi connectivity index (χ1) is 19.4. The van der Waals surface area contributed by atoms with Crippen LogP contribution in [0.5, 0.6) is 0 Å². The van der Waals surface area contributed by atoms with Crippen molar-refractivity contribution in [2.75, 3.05) is 30.0 Å². The SMILES string of the molecule is CN(C(=O)C(C)(C)c1cc(C(F)(F)F)cc(C(F)(F)F)c1)c1cnccc1-c1nc(N2C[C@H](O)C[C@H]2CO)ccc1Cl. The van der Waals surface area contributed by atoms with Crippen molar-refractivity contribution >= 4 is 29.0 Å². The number of aromatic nitrogens is 2. The zero-order valence-electron chi connectivity index (χ0n) is 22.6. The highest BCUT2D eigenvalue weighted by molar-refractivity contribution is 6.33. The van der Waals surface area contributed by atoms with Crippen LogP contribution >= 0.6 is 11.6 Å². The van der Waals surface area contributed by atoms with E-state index in [-0.39, 0.29) is 35.6 Å². The zero-order valence-corrected chi connectivity index (χ0v) is 23.4. The zero-order chi connectivity index (χ0) is 31.2. The largest absolute Gasteiger partial charge is 0.416 e. The normalized spacial score (nSPS) is 18.0. The summed E-state index contributed by atoms with van der Waals surface area (Å²) in [5.41, 5.74) is -4.72. The predicted molar refractivity (Wildman–Crippen MR) is 144 cm³/mol. The van der Waals surface area contributed by atoms with Gasteiger partial charge in [-0.15, -0.1) is 0 Å². The summed E-state index contributed by atoms with van der Waals surface area (Å²) in [7, 11) is 1.32. The average Bonchev–Trinajstić information content (AvgIpc) is 3.31. The number of carbonyl (C=O) groups excluding carboxylic acids is 1. The fraction of sp³-hybridized carbons (Fsp3) is 0.393. The molecule has 0 unspecified atom stereocenters. The first kappa shape index (κ1) is 31.5. The van der Waals surface area contributed by atoms with Crippen molar-refractivity contribution in [1.82, 2.24) is 9.97 Å². The number of amides is 1. The molecule has 14 heteroatoms. The Hall–Kier alpha value is -3.42. The molecule has 3 heterocycles. The first-order valence-corrected chi connectivity index (χ1v) is 13.1. The van der Waals surface area contributed by atoms with Crippen LogP contribution in [0.2, 0.25) is 5.02 Å². The molecule has 42 heavy (non-hydrogen) atoms. The Morgan fingerprint density at radius 2 is 1.64 bits per heavy atom. The van der Waals surface area contributed by atoms with E-state index in [9.17, 15) is 41.4 Å². The quantitative estimate of drug-likeness (QED) is 0.345. The van der Waals surface area contributed by atoms with Gasteiger partial charge < -0.3 is 20.0 Å². The summed E-state index contributed by atoms with van der Waals surface area (Å²) in [6.45, 7) is 2.45. The number of nitrogens with zero attached hydrogens (tertiary/aromatic N) is 4. The van der Waals surface area contributed by atoms with Crippen LogP contribution in [0.1, 0.15) is 37.0 Å². The summed E-state index contributed by atoms with van der Waals surface area (Å²) in [5, 5.41) is 20.0. The van der Waals surface area contributed by atoms with E-state index in [0.717, 1.165) is 4.90 Å². The standard InChI is InChI=1S/C28H27ClF6N4O3/c1-26(2,15-8-16(27(30,31)32)10-17(9-15)28(33,34)35)25(42)38(3)22-12-36-7-6-20(22)24-21(29)4-5-23(37-24)39-13-19(41)11-18(39)14-40/h4-10,12,18-19,40-41H,11,13-14H2,1-3H3/t18-,19+/m0/s1. The van der Waals surface area contributed by atoms with Gasteiger partial charge in [0, 0.05) is 25.4 Å². The van der Waals surface area contributed by atoms with Crippen LogP contribution in [0, 0.1) is 0 Å². The number of rotatable bonds is 6. The summed E-state index contributed by atoms with van der Waals surface area (Å²) >= 11 is 6.48. The van der Waals surface area contributed by atoms with E-state index in [4.69, 9.17) is 11.6 Å². The number of aliphatic hydroxyl groups is 2. The van der Waals surface area contributed by atoms with Crippen LogP contribution in [0.3, 0.4) is 0 Å². The number of hydrogen-bond donors (Lipinski definition) is 2. The van der Waals surface area contributed by atoms with Gasteiger partial charge in [0.1, 0.15) is 5.82 Å². The number of aliphatic hydroxyl groups excluding tert-OH is 2. The van der Waals surface area contributed by atoms with Crippen molar-refractivity contribution in [2.45, 2.75) is 50.2 Å². The van der Waals surface area contributed by atoms with Gasteiger partial charge in [-0.2, -0.15) is 26.3 Å². The molecule has 0 radical (unpaired) electrons. The van der Waals surface area contributed by atoms with Crippen molar-refractivity contribution in [3.63, 3.8) is 0 Å². The molecular formula is C28H27ClF6N4O3. The minimum atomic E-state index is -5.08. The number of hydrogen-bond acceptors (Lipinski definition) is 6. The number of benzene rings is 1. The van der Waals surface area contributed by atoms with Crippen LogP contribution in [-0.2, 0) is 22.6 Å². The topological polar surface area (TPSA) is 89.8 Å². The maximum Gasteiger partial charge on any atom is 0.416 e. The molecule has 4 rings (SSSR count). The molecular weight excluding hydrogens is 590 g/mol. The summed E-state index contributed by atoms with van der Waals surface area (Å²) < 4.78 is 81.1. The minimum Gasteiger partial charge on any atom is -0.394 e. The smallest absolute Gasteiger partial charge is 0.394 e. The summed E-state index contributed by atoms with van der Waals surface area (Å²) in [5.74, 6) is -0.426. The second kappa shape index (κ2) is 11.3. The van der Waals surface area contributed by atoms with Crippen LogP contribution in [-0.4, -0.2) is 58.4 Å². The fourth-order valence-electron chi connectivity index (χ4n) is 4.95. The van der Waals surface area contributed by atoms with Gasteiger partial charge in [-0.05, 0) is 62.2 Å². The molecule has 2 atom stereocenters. The molecule has 0 spiro atoms. The molecule has 1 aromatic carbocycles. The van der Waals surface area contributed by atoms with Gasteiger partial charge >= 0.3 is 12.4 Å². The molecule has 1 saturated heterocycles. The number of likely N-dealkylation sites (N-methyl/N-ethyl adjacent to an activating group) is 1. The van der Waals surface area contributed by atoms with Crippen molar-refractivity contribution in [3.05, 3.63) is 70.5 Å². The van der Waals surface area contributed by atoms with E-state index < -0.39 is 52.5 Å². The van der Waals surface area contributed by atoms with Gasteiger partial charge in [-0.25, -0.2) is 4.98 Å². The van der Waals surface area contributed by atoms with Gasteiger partial charge in [-0.1, -0.05) is 11.6 Å². The van der Waals surface area contributed by atoms with Crippen LogP contribution in [0.25, 0.3) is 11.3 Å². The molecule has 1 aliphatic rings. The fourth-order valence-corrected chi connectivity index (χ4v) is 5.15. The van der Waals surface area contributed by atoms with Crippen LogP contribution in [0.15, 0.2) is 48.8 Å². The first-order valence-electron chi connectivity index (χ1n) is 12.7. The highest BCUT2D eigenvalue weighted by atomic mass is 35.5. The number of pyridine rings is 2. The molecule has 3 aromatic rings. The van der Waals surface area contributed by atoms with E-state index in [2.05, 4.69) is 9.97 Å². The van der Waals surface area contributed by atoms with E-state index in [1.807, 2.05) is 0 Å². The monoisotopic (exact) mass is 616 g/mol. The molecule has 7 nitrogen and oxygen atoms in total. The third-order valence-electron chi connectivity index (χ3n) is 7.29. The van der Waals surface area contributed by atoms with Gasteiger partial charge in [0.05, 0.1) is 57.9 Å². The minimum absolute atomic E-state index is 0.00830. The van der Waals surface area contributed by atoms with Crippen molar-refractivity contribution < 1.29 is 41.4 Å². The van der Waals surface area contributed by atoms with E-state index in [0.29, 0.717) is 29.9 Å². The molecule has 1 aliphatic heterocycles. The predicted octanol–water partition coefficient (Wildman–Crippen LogP) is 5.71. The average molecular weight is 617 g/mol. The number of β-amino-alcohol motifs (C(OH)–C–C–N with tert-alkyl or cyclic N) is 1. The van der Waals surface area contributed by atoms with Crippen molar-refractivity contribution in [1.29, 1.82) is 0 Å². The Kier molecular flexibility index (Phi) is 8.51. The van der Waals surface area contributed by atoms with Crippen molar-refractivity contribution in [2.24, 2.45) is 0 Å². The van der Waals surface area contributed by atoms with Gasteiger partial charge in [-0.3, -0.25) is 9.78 Å². The molecule has 1 fully saturated rings. The molecule has 0 aliphatic carbocycles. The summed E-state index contributed by atoms with van der Waals surface area (Å²) in [6.07, 6.45) is -7.80. The lowest BCUT2D eigenvalue weighted by molar-refractivity contribution is -0.143. The lowest BCUT2D eigenvalue weighted by atomic mass is 9.81. The Morgan fingerprint density at radius 1 is 1.05 bits per heavy atom. The summed E-state index contributed by atoms with van der Waals surface area (Å²) in [6, 6.07) is 5.36. The number of alkyl halides is 6. The maximum atomic E-state index is 13.8. The lowest BCUT2D eigenvalue weighted by Gasteiger charge is -2.32. The van der Waals surface area contributed by atoms with Crippen molar-refractivity contribution in [3.8, 4) is 11.3 Å². The molecule has 2 aromatic heterocycles. The molecule has 0 bridgehead atoms. The third kappa shape index (κ3) is 6.18. The van der Waals surface area contributed by atoms with Gasteiger partial charge in [0.2, 0.25) is 5.91 Å². The highest BCUT2D eigenvalue weighted by Crippen LogP contribution is 2.41. The van der Waals surface area contributed by atoms with Gasteiger partial charge in [0.25, 0.3) is 0 Å². The second-order valence-electron chi connectivity index (χ2n) is 10.6. The number of anilines is 2. The highest BCUT2D eigenvalue weighted by Gasteiger charge is 2.41. The van der Waals surface area contributed by atoms with E-state index >= 15 is 0 Å². The Labute approximate surface area is 242 Å². The Balaban J connectivity index is 1.76. The van der Waals surface area contributed by atoms with Crippen LogP contribution < -0.4 is 9.80 Å². The molecule has 0 saturated carbocycles. The third-order valence-corrected chi connectivity index (χ3v) is 7.60. The van der Waals surface area contributed by atoms with Crippen LogP contribution in [0.4, 0.5) is 37.8 Å². The molecule has 1 amide bonds. The summed E-state index contributed by atoms with van der Waals surface area (Å²) in [4.78, 5) is 25.2. The maximum absolute atomic E-state index is 13.8. The lowest BCUT2D eigenvalue weighted by Crippen LogP contribution is -2.42. The number of carbonyl (C=O) groups is 1. The Bertz CT molecular complexity index is 1450.